The van der Waals surface area contributed by atoms with Gasteiger partial charge >= 0.3 is 0 Å². The quantitative estimate of drug-likeness (QED) is 0.480. The van der Waals surface area contributed by atoms with Gasteiger partial charge in [0, 0.05) is 5.56 Å². The highest BCUT2D eigenvalue weighted by Gasteiger charge is 2.22. The van der Waals surface area contributed by atoms with Crippen LogP contribution in [0.25, 0.3) is 11.0 Å². The molecule has 0 spiro atoms. The van der Waals surface area contributed by atoms with Crippen molar-refractivity contribution in [2.45, 2.75) is 26.4 Å². The second-order valence-corrected chi connectivity index (χ2v) is 8.53. The molecule has 5 rings (SSSR count). The van der Waals surface area contributed by atoms with Crippen molar-refractivity contribution in [3.05, 3.63) is 83.4 Å². The first-order valence-electron chi connectivity index (χ1n) is 11.2. The largest absolute Gasteiger partial charge is 0.486 e. The molecule has 1 aliphatic heterocycles. The lowest BCUT2D eigenvalue weighted by atomic mass is 9.95. The summed E-state index contributed by atoms with van der Waals surface area (Å²) in [4.78, 5) is 13.0. The van der Waals surface area contributed by atoms with Gasteiger partial charge in [-0.15, -0.1) is 5.10 Å². The summed E-state index contributed by atoms with van der Waals surface area (Å²) >= 11 is 0. The van der Waals surface area contributed by atoms with Crippen LogP contribution in [-0.2, 0) is 6.54 Å². The highest BCUT2D eigenvalue weighted by atomic mass is 16.6. The average Bonchev–Trinajstić information content (AvgIpc) is 3.25. The fraction of sp³-hybridized carbons (Fsp3) is 0.269. The summed E-state index contributed by atoms with van der Waals surface area (Å²) in [6.07, 6.45) is 0. The van der Waals surface area contributed by atoms with E-state index in [1.807, 2.05) is 71.4 Å². The fourth-order valence-electron chi connectivity index (χ4n) is 4.08. The summed E-state index contributed by atoms with van der Waals surface area (Å²) in [6.45, 7) is 5.86. The third-order valence-corrected chi connectivity index (χ3v) is 5.85. The van der Waals surface area contributed by atoms with Crippen molar-refractivity contribution < 1.29 is 14.3 Å². The smallest absolute Gasteiger partial charge is 0.251 e. The summed E-state index contributed by atoms with van der Waals surface area (Å²) in [5.74, 6) is 1.57. The molecule has 0 fully saturated rings. The highest BCUT2D eigenvalue weighted by molar-refractivity contribution is 5.94. The maximum Gasteiger partial charge on any atom is 0.251 e. The number of para-hydroxylation sites is 1. The van der Waals surface area contributed by atoms with E-state index in [9.17, 15) is 4.79 Å². The van der Waals surface area contributed by atoms with Gasteiger partial charge in [-0.05, 0) is 53.4 Å². The lowest BCUT2D eigenvalue weighted by Crippen LogP contribution is -2.32. The summed E-state index contributed by atoms with van der Waals surface area (Å²) < 4.78 is 13.2. The molecule has 2 heterocycles. The first-order chi connectivity index (χ1) is 16.1. The molecule has 1 amide bonds. The van der Waals surface area contributed by atoms with E-state index in [0.717, 1.165) is 33.7 Å². The number of aromatic nitrogens is 3. The Morgan fingerprint density at radius 3 is 2.55 bits per heavy atom. The molecule has 0 saturated carbocycles. The number of rotatable bonds is 6. The fourth-order valence-corrected chi connectivity index (χ4v) is 4.08. The lowest BCUT2D eigenvalue weighted by Gasteiger charge is -2.25. The maximum atomic E-state index is 13.0. The van der Waals surface area contributed by atoms with Gasteiger partial charge in [-0.3, -0.25) is 4.79 Å². The molecule has 7 nitrogen and oxygen atoms in total. The first kappa shape index (κ1) is 21.0. The number of hydrogen-bond donors (Lipinski definition) is 1. The zero-order valence-corrected chi connectivity index (χ0v) is 18.7. The molecule has 0 bridgehead atoms. The monoisotopic (exact) mass is 442 g/mol. The van der Waals surface area contributed by atoms with Crippen LogP contribution in [0.2, 0.25) is 0 Å². The molecule has 0 saturated heterocycles. The number of carbonyl (C=O) groups excluding carboxylic acids is 1. The Bertz CT molecular complexity index is 1280. The van der Waals surface area contributed by atoms with E-state index in [1.165, 1.54) is 0 Å². The number of benzene rings is 3. The average molecular weight is 443 g/mol. The molecule has 1 aromatic heterocycles. The maximum absolute atomic E-state index is 13.0. The minimum absolute atomic E-state index is 0.110. The van der Waals surface area contributed by atoms with Crippen LogP contribution in [0.15, 0.2) is 66.7 Å². The van der Waals surface area contributed by atoms with E-state index in [0.29, 0.717) is 25.3 Å². The van der Waals surface area contributed by atoms with Crippen LogP contribution in [0, 0.1) is 5.92 Å². The molecule has 7 heteroatoms. The summed E-state index contributed by atoms with van der Waals surface area (Å²) in [5.41, 5.74) is 4.52. The molecular formula is C26H26N4O3. The molecule has 1 aliphatic rings. The minimum atomic E-state index is -0.144. The predicted octanol–water partition coefficient (Wildman–Crippen LogP) is 4.38. The van der Waals surface area contributed by atoms with E-state index in [4.69, 9.17) is 9.47 Å². The second-order valence-electron chi connectivity index (χ2n) is 8.53. The molecule has 3 aromatic carbocycles. The molecule has 1 N–H and O–H groups in total. The molecule has 0 unspecified atom stereocenters. The van der Waals surface area contributed by atoms with Gasteiger partial charge < -0.3 is 14.8 Å². The van der Waals surface area contributed by atoms with Gasteiger partial charge in [-0.25, -0.2) is 4.68 Å². The lowest BCUT2D eigenvalue weighted by molar-refractivity contribution is 0.0925. The standard InChI is InChI=1S/C26H26N4O3/c1-17(2)25(20-11-12-23-24(15-20)33-14-13-32-23)27-26(31)19-9-7-18(8-10-19)16-30-22-6-4-3-5-21(22)28-29-30/h3-12,15,17,25H,13-14,16H2,1-2H3,(H,27,31)/t25-/m0/s1. The molecule has 0 aliphatic carbocycles. The number of ether oxygens (including phenoxy) is 2. The number of amides is 1. The van der Waals surface area contributed by atoms with Crippen molar-refractivity contribution >= 4 is 16.9 Å². The van der Waals surface area contributed by atoms with Crippen LogP contribution in [0.4, 0.5) is 0 Å². The topological polar surface area (TPSA) is 78.3 Å². The van der Waals surface area contributed by atoms with E-state index < -0.39 is 0 Å². The molecule has 0 radical (unpaired) electrons. The van der Waals surface area contributed by atoms with Gasteiger partial charge in [-0.2, -0.15) is 0 Å². The van der Waals surface area contributed by atoms with Crippen LogP contribution in [0.3, 0.4) is 0 Å². The molecule has 168 valence electrons. The van der Waals surface area contributed by atoms with Crippen molar-refractivity contribution in [3.8, 4) is 11.5 Å². The number of nitrogens with zero attached hydrogens (tertiary/aromatic N) is 3. The highest BCUT2D eigenvalue weighted by Crippen LogP contribution is 2.34. The van der Waals surface area contributed by atoms with Crippen LogP contribution < -0.4 is 14.8 Å². The number of fused-ring (bicyclic) bond motifs is 2. The zero-order valence-electron chi connectivity index (χ0n) is 18.7. The molecular weight excluding hydrogens is 416 g/mol. The Labute approximate surface area is 192 Å². The normalized spacial score (nSPS) is 13.8. The second kappa shape index (κ2) is 8.94. The Hall–Kier alpha value is -3.87. The van der Waals surface area contributed by atoms with Crippen molar-refractivity contribution in [2.24, 2.45) is 5.92 Å². The molecule has 4 aromatic rings. The van der Waals surface area contributed by atoms with Gasteiger partial charge in [0.05, 0.1) is 18.1 Å². The summed E-state index contributed by atoms with van der Waals surface area (Å²) in [5, 5.41) is 11.6. The Kier molecular flexibility index (Phi) is 5.69. The zero-order chi connectivity index (χ0) is 22.8. The SMILES string of the molecule is CC(C)[C@H](NC(=O)c1ccc(Cn2nnc3ccccc32)cc1)c1ccc2c(c1)OCCO2. The minimum Gasteiger partial charge on any atom is -0.486 e. The van der Waals surface area contributed by atoms with Crippen molar-refractivity contribution in [1.82, 2.24) is 20.3 Å². The Balaban J connectivity index is 1.30. The van der Waals surface area contributed by atoms with Gasteiger partial charge in [0.2, 0.25) is 0 Å². The Morgan fingerprint density at radius 1 is 1.00 bits per heavy atom. The van der Waals surface area contributed by atoms with Crippen LogP contribution in [0.1, 0.15) is 41.4 Å². The van der Waals surface area contributed by atoms with Gasteiger partial charge in [-0.1, -0.05) is 49.4 Å². The van der Waals surface area contributed by atoms with Crippen LogP contribution in [0.5, 0.6) is 11.5 Å². The molecule has 33 heavy (non-hydrogen) atoms. The van der Waals surface area contributed by atoms with Crippen molar-refractivity contribution in [3.63, 3.8) is 0 Å². The summed E-state index contributed by atoms with van der Waals surface area (Å²) in [6, 6.07) is 21.2. The van der Waals surface area contributed by atoms with E-state index in [-0.39, 0.29) is 17.9 Å². The Morgan fingerprint density at radius 2 is 1.76 bits per heavy atom. The van der Waals surface area contributed by atoms with E-state index >= 15 is 0 Å². The van der Waals surface area contributed by atoms with Gasteiger partial charge in [0.1, 0.15) is 18.7 Å². The van der Waals surface area contributed by atoms with E-state index in [2.05, 4.69) is 29.5 Å². The number of nitrogens with one attached hydrogen (secondary N) is 1. The van der Waals surface area contributed by atoms with Crippen LogP contribution in [-0.4, -0.2) is 34.1 Å². The van der Waals surface area contributed by atoms with Gasteiger partial charge in [0.15, 0.2) is 11.5 Å². The first-order valence-corrected chi connectivity index (χ1v) is 11.2. The van der Waals surface area contributed by atoms with Gasteiger partial charge in [0.25, 0.3) is 5.91 Å². The predicted molar refractivity (Wildman–Crippen MR) is 126 cm³/mol. The molecule has 1 atom stereocenters. The third kappa shape index (κ3) is 4.39. The summed E-state index contributed by atoms with van der Waals surface area (Å²) in [7, 11) is 0. The van der Waals surface area contributed by atoms with Crippen LogP contribution >= 0.6 is 0 Å². The van der Waals surface area contributed by atoms with E-state index in [1.54, 1.807) is 0 Å². The number of hydrogen-bond acceptors (Lipinski definition) is 5. The third-order valence-electron chi connectivity index (χ3n) is 5.85. The number of carbonyl (C=O) groups is 1. The van der Waals surface area contributed by atoms with Crippen molar-refractivity contribution in [2.75, 3.05) is 13.2 Å². The van der Waals surface area contributed by atoms with Crippen molar-refractivity contribution in [1.29, 1.82) is 0 Å².